The summed E-state index contributed by atoms with van der Waals surface area (Å²) in [6.07, 6.45) is 0.688. The number of furan rings is 1. The van der Waals surface area contributed by atoms with E-state index in [2.05, 4.69) is 15.5 Å². The van der Waals surface area contributed by atoms with Gasteiger partial charge in [-0.25, -0.2) is 4.98 Å². The van der Waals surface area contributed by atoms with Crippen LogP contribution in [0.25, 0.3) is 10.8 Å². The van der Waals surface area contributed by atoms with E-state index in [-0.39, 0.29) is 18.4 Å². The number of nitrogens with one attached hydrogen (secondary N) is 1. The molecule has 2 aromatic heterocycles. The molecule has 1 amide bonds. The van der Waals surface area contributed by atoms with Crippen LogP contribution in [0.3, 0.4) is 0 Å². The van der Waals surface area contributed by atoms with Crippen molar-refractivity contribution in [2.75, 3.05) is 13.7 Å². The molecule has 0 aliphatic carbocycles. The molecule has 0 saturated carbocycles. The number of hydrogen-bond donors (Lipinski definition) is 1. The van der Waals surface area contributed by atoms with Gasteiger partial charge in [-0.15, -0.1) is 11.3 Å². The summed E-state index contributed by atoms with van der Waals surface area (Å²) in [7, 11) is 1.63. The summed E-state index contributed by atoms with van der Waals surface area (Å²) < 4.78 is 10.7. The van der Waals surface area contributed by atoms with Crippen LogP contribution in [0.2, 0.25) is 0 Å². The van der Waals surface area contributed by atoms with E-state index in [0.717, 1.165) is 39.2 Å². The van der Waals surface area contributed by atoms with Crippen molar-refractivity contribution in [3.05, 3.63) is 58.8 Å². The highest BCUT2D eigenvalue weighted by Gasteiger charge is 2.23. The summed E-state index contributed by atoms with van der Waals surface area (Å²) in [6, 6.07) is 11.5. The quantitative estimate of drug-likeness (QED) is 0.642. The lowest BCUT2D eigenvalue weighted by Gasteiger charge is -2.09. The molecule has 7 nitrogen and oxygen atoms in total. The normalized spacial score (nSPS) is 15.7. The molecule has 0 bridgehead atoms. The maximum Gasteiger partial charge on any atom is 0.226 e. The first kappa shape index (κ1) is 19.2. The first-order valence-corrected chi connectivity index (χ1v) is 10.1. The minimum absolute atomic E-state index is 0.0982. The molecule has 1 aliphatic rings. The number of methoxy groups -OCH3 is 1. The zero-order valence-electron chi connectivity index (χ0n) is 16.2. The molecule has 3 heterocycles. The summed E-state index contributed by atoms with van der Waals surface area (Å²) in [4.78, 5) is 22.2. The Balaban J connectivity index is 1.25. The Morgan fingerprint density at radius 2 is 2.10 bits per heavy atom. The molecule has 1 aromatic carbocycles. The molecule has 0 spiro atoms. The predicted molar refractivity (Wildman–Crippen MR) is 110 cm³/mol. The van der Waals surface area contributed by atoms with Gasteiger partial charge in [-0.2, -0.15) is 0 Å². The van der Waals surface area contributed by atoms with Crippen molar-refractivity contribution in [2.24, 2.45) is 5.16 Å². The van der Waals surface area contributed by atoms with Crippen LogP contribution in [0.1, 0.15) is 23.4 Å². The number of rotatable bonds is 7. The van der Waals surface area contributed by atoms with Gasteiger partial charge in [0, 0.05) is 11.8 Å². The van der Waals surface area contributed by atoms with E-state index in [1.807, 2.05) is 48.7 Å². The molecule has 29 heavy (non-hydrogen) atoms. The standard InChI is InChI=1S/C21H21N3O4S/c1-13-3-8-19(27-13)21-23-15(12-29-21)9-20(25)22-11-17-10-18(24-28-17)14-4-6-16(26-2)7-5-14/h3-8,12,17H,9-11H2,1-2H3,(H,22,25)/t17-/m1/s1. The van der Waals surface area contributed by atoms with E-state index >= 15 is 0 Å². The summed E-state index contributed by atoms with van der Waals surface area (Å²) in [5.74, 6) is 2.26. The molecule has 1 aliphatic heterocycles. The van der Waals surface area contributed by atoms with E-state index in [9.17, 15) is 4.79 Å². The number of amides is 1. The Morgan fingerprint density at radius 3 is 2.83 bits per heavy atom. The van der Waals surface area contributed by atoms with Gasteiger partial charge in [0.05, 0.1) is 31.5 Å². The molecular weight excluding hydrogens is 390 g/mol. The van der Waals surface area contributed by atoms with E-state index in [1.165, 1.54) is 11.3 Å². The van der Waals surface area contributed by atoms with E-state index in [0.29, 0.717) is 13.0 Å². The second-order valence-corrected chi connectivity index (χ2v) is 7.59. The summed E-state index contributed by atoms with van der Waals surface area (Å²) >= 11 is 1.47. The zero-order valence-corrected chi connectivity index (χ0v) is 17.0. The van der Waals surface area contributed by atoms with Gasteiger partial charge in [-0.05, 0) is 48.9 Å². The molecular formula is C21H21N3O4S. The van der Waals surface area contributed by atoms with Crippen molar-refractivity contribution in [2.45, 2.75) is 25.9 Å². The van der Waals surface area contributed by atoms with Crippen molar-refractivity contribution in [1.82, 2.24) is 10.3 Å². The van der Waals surface area contributed by atoms with E-state index < -0.39 is 0 Å². The fourth-order valence-corrected chi connectivity index (χ4v) is 3.78. The van der Waals surface area contributed by atoms with Gasteiger partial charge in [0.2, 0.25) is 5.91 Å². The first-order chi connectivity index (χ1) is 14.1. The molecule has 3 aromatic rings. The topological polar surface area (TPSA) is 86.0 Å². The molecule has 8 heteroatoms. The molecule has 150 valence electrons. The number of thiazole rings is 1. The van der Waals surface area contributed by atoms with Crippen LogP contribution in [-0.4, -0.2) is 36.4 Å². The van der Waals surface area contributed by atoms with Crippen LogP contribution < -0.4 is 10.1 Å². The molecule has 1 atom stereocenters. The van der Waals surface area contributed by atoms with Crippen molar-refractivity contribution in [1.29, 1.82) is 0 Å². The highest BCUT2D eigenvalue weighted by molar-refractivity contribution is 7.13. The minimum Gasteiger partial charge on any atom is -0.497 e. The summed E-state index contributed by atoms with van der Waals surface area (Å²) in [5, 5.41) is 9.70. The van der Waals surface area contributed by atoms with Gasteiger partial charge < -0.3 is 19.3 Å². The maximum absolute atomic E-state index is 12.3. The Morgan fingerprint density at radius 1 is 1.28 bits per heavy atom. The summed E-state index contributed by atoms with van der Waals surface area (Å²) in [5.41, 5.74) is 2.58. The van der Waals surface area contributed by atoms with Crippen LogP contribution >= 0.6 is 11.3 Å². The number of aromatic nitrogens is 1. The second-order valence-electron chi connectivity index (χ2n) is 6.73. The maximum atomic E-state index is 12.3. The molecule has 4 rings (SSSR count). The molecule has 0 unspecified atom stereocenters. The average molecular weight is 411 g/mol. The first-order valence-electron chi connectivity index (χ1n) is 9.26. The zero-order chi connectivity index (χ0) is 20.2. The van der Waals surface area contributed by atoms with Crippen molar-refractivity contribution >= 4 is 23.0 Å². The molecule has 0 saturated heterocycles. The Hall–Kier alpha value is -3.13. The highest BCUT2D eigenvalue weighted by Crippen LogP contribution is 2.25. The number of benzene rings is 1. The number of carbonyl (C=O) groups excluding carboxylic acids is 1. The van der Waals surface area contributed by atoms with Gasteiger partial charge >= 0.3 is 0 Å². The largest absolute Gasteiger partial charge is 0.497 e. The lowest BCUT2D eigenvalue weighted by Crippen LogP contribution is -2.33. The highest BCUT2D eigenvalue weighted by atomic mass is 32.1. The number of carbonyl (C=O) groups is 1. The Kier molecular flexibility index (Phi) is 5.62. The van der Waals surface area contributed by atoms with Gasteiger partial charge in [0.15, 0.2) is 10.8 Å². The second kappa shape index (κ2) is 8.48. The fourth-order valence-electron chi connectivity index (χ4n) is 3.00. The summed E-state index contributed by atoms with van der Waals surface area (Å²) in [6.45, 7) is 2.29. The van der Waals surface area contributed by atoms with Crippen molar-refractivity contribution < 1.29 is 18.8 Å². The van der Waals surface area contributed by atoms with Gasteiger partial charge in [0.1, 0.15) is 17.6 Å². The van der Waals surface area contributed by atoms with Crippen LogP contribution in [0.4, 0.5) is 0 Å². The number of hydrogen-bond acceptors (Lipinski definition) is 7. The van der Waals surface area contributed by atoms with E-state index in [1.54, 1.807) is 7.11 Å². The van der Waals surface area contributed by atoms with Gasteiger partial charge in [-0.1, -0.05) is 5.16 Å². The van der Waals surface area contributed by atoms with Crippen molar-refractivity contribution in [3.63, 3.8) is 0 Å². The van der Waals surface area contributed by atoms with E-state index in [4.69, 9.17) is 14.0 Å². The van der Waals surface area contributed by atoms with Crippen LogP contribution in [0, 0.1) is 6.92 Å². The number of ether oxygens (including phenoxy) is 1. The smallest absolute Gasteiger partial charge is 0.226 e. The lowest BCUT2D eigenvalue weighted by atomic mass is 10.0. The van der Waals surface area contributed by atoms with Crippen LogP contribution in [-0.2, 0) is 16.1 Å². The third kappa shape index (κ3) is 4.65. The number of nitrogens with zero attached hydrogens (tertiary/aromatic N) is 2. The number of oxime groups is 1. The monoisotopic (exact) mass is 411 g/mol. The third-order valence-corrected chi connectivity index (χ3v) is 5.43. The number of aryl methyl sites for hydroxylation is 1. The Labute approximate surface area is 172 Å². The molecule has 0 radical (unpaired) electrons. The SMILES string of the molecule is COc1ccc(C2=NO[C@@H](CNC(=O)Cc3csc(-c4ccc(C)o4)n3)C2)cc1. The lowest BCUT2D eigenvalue weighted by molar-refractivity contribution is -0.121. The third-order valence-electron chi connectivity index (χ3n) is 4.53. The minimum atomic E-state index is -0.173. The predicted octanol–water partition coefficient (Wildman–Crippen LogP) is 3.57. The van der Waals surface area contributed by atoms with Crippen LogP contribution in [0.15, 0.2) is 51.4 Å². The molecule has 1 N–H and O–H groups in total. The average Bonchev–Trinajstić information content (AvgIpc) is 3.47. The van der Waals surface area contributed by atoms with Crippen molar-refractivity contribution in [3.8, 4) is 16.5 Å². The van der Waals surface area contributed by atoms with Gasteiger partial charge in [0.25, 0.3) is 0 Å². The Bertz CT molecular complexity index is 1020. The van der Waals surface area contributed by atoms with Crippen LogP contribution in [0.5, 0.6) is 5.75 Å². The molecule has 0 fully saturated rings. The van der Waals surface area contributed by atoms with Gasteiger partial charge in [-0.3, -0.25) is 4.79 Å². The fraction of sp³-hybridized carbons (Fsp3) is 0.286.